The third-order valence-corrected chi connectivity index (χ3v) is 9.31. The molecule has 0 saturated heterocycles. The number of nitrogens with one attached hydrogen (secondary N) is 1. The minimum absolute atomic E-state index is 0.176. The molecule has 6 rings (SSSR count). The van der Waals surface area contributed by atoms with E-state index in [1.807, 2.05) is 41.1 Å². The molecule has 0 bridgehead atoms. The fourth-order valence-corrected chi connectivity index (χ4v) is 6.69. The number of carbonyl (C=O) groups excluding carboxylic acids is 1. The number of fused-ring (bicyclic) bond motifs is 1. The van der Waals surface area contributed by atoms with Crippen LogP contribution in [0.5, 0.6) is 0 Å². The molecular weight excluding hydrogens is 607 g/mol. The summed E-state index contributed by atoms with van der Waals surface area (Å²) in [7, 11) is -3.44. The fraction of sp³-hybridized carbons (Fsp3) is 0.152. The minimum atomic E-state index is -3.44. The largest absolute Gasteiger partial charge is 0.478 e. The van der Waals surface area contributed by atoms with Crippen molar-refractivity contribution in [3.05, 3.63) is 123 Å². The maximum Gasteiger partial charge on any atom is 0.335 e. The van der Waals surface area contributed by atoms with Crippen LogP contribution >= 0.6 is 23.2 Å². The van der Waals surface area contributed by atoms with Crippen LogP contribution in [0.25, 0.3) is 22.0 Å². The molecule has 1 amide bonds. The van der Waals surface area contributed by atoms with Crippen LogP contribution in [0.15, 0.2) is 96.0 Å². The van der Waals surface area contributed by atoms with Crippen LogP contribution in [0.3, 0.4) is 0 Å². The molecule has 1 aliphatic carbocycles. The molecule has 1 heterocycles. The van der Waals surface area contributed by atoms with Gasteiger partial charge < -0.3 is 15.0 Å². The van der Waals surface area contributed by atoms with E-state index in [2.05, 4.69) is 5.32 Å². The number of sulfone groups is 1. The van der Waals surface area contributed by atoms with Crippen molar-refractivity contribution in [2.24, 2.45) is 0 Å². The van der Waals surface area contributed by atoms with E-state index in [0.29, 0.717) is 51.6 Å². The summed E-state index contributed by atoms with van der Waals surface area (Å²) in [5.41, 5.74) is 3.76. The molecule has 4 aromatic carbocycles. The van der Waals surface area contributed by atoms with Crippen molar-refractivity contribution < 1.29 is 23.1 Å². The number of aromatic nitrogens is 1. The Bertz CT molecular complexity index is 2010. The Labute approximate surface area is 258 Å². The maximum atomic E-state index is 14.1. The molecule has 1 saturated carbocycles. The number of carboxylic acids is 1. The van der Waals surface area contributed by atoms with Gasteiger partial charge in [-0.25, -0.2) is 13.2 Å². The SMILES string of the molecule is CS(=O)(=O)c1cccc(-c2cc(C(=O)NC3(c4ccc(C(=O)O)cc4)CC3)c3c(ccn3Cc3cc(Cl)cc(Cl)c3)c2)c1. The number of benzene rings is 4. The fourth-order valence-electron chi connectivity index (χ4n) is 5.45. The van der Waals surface area contributed by atoms with Gasteiger partial charge in [-0.15, -0.1) is 0 Å². The molecule has 1 aromatic heterocycles. The number of carbonyl (C=O) groups is 2. The third-order valence-electron chi connectivity index (χ3n) is 7.76. The molecular formula is C33H26Cl2N2O5S. The standard InChI is InChI=1S/C33H26Cl2N2O5S/c1-43(41,42)28-4-2-3-22(16-28)24-15-23-9-12-37(19-20-13-26(34)18-27(35)14-20)30(23)29(17-24)31(38)36-33(10-11-33)25-7-5-21(6-8-25)32(39)40/h2-9,12-18H,10-11,19H2,1H3,(H,36,38)(H,39,40). The van der Waals surface area contributed by atoms with Crippen molar-refractivity contribution in [2.45, 2.75) is 29.8 Å². The summed E-state index contributed by atoms with van der Waals surface area (Å²) in [5.74, 6) is -1.31. The predicted octanol–water partition coefficient (Wildman–Crippen LogP) is 7.18. The molecule has 1 aliphatic rings. The van der Waals surface area contributed by atoms with Crippen LogP contribution < -0.4 is 5.32 Å². The predicted molar refractivity (Wildman–Crippen MR) is 168 cm³/mol. The summed E-state index contributed by atoms with van der Waals surface area (Å²) in [6.07, 6.45) is 4.48. The molecule has 0 spiro atoms. The molecule has 2 N–H and O–H groups in total. The Morgan fingerprint density at radius 3 is 2.23 bits per heavy atom. The normalized spacial score (nSPS) is 14.0. The van der Waals surface area contributed by atoms with Gasteiger partial charge in [0.25, 0.3) is 5.91 Å². The average molecular weight is 634 g/mol. The van der Waals surface area contributed by atoms with Gasteiger partial charge in [0.2, 0.25) is 0 Å². The first-order chi connectivity index (χ1) is 20.4. The summed E-state index contributed by atoms with van der Waals surface area (Å²) in [6, 6.07) is 24.2. The summed E-state index contributed by atoms with van der Waals surface area (Å²) in [5, 5.41) is 14.3. The Morgan fingerprint density at radius 1 is 0.907 bits per heavy atom. The first-order valence-electron chi connectivity index (χ1n) is 13.5. The quantitative estimate of drug-likeness (QED) is 0.188. The lowest BCUT2D eigenvalue weighted by atomic mass is 9.98. The van der Waals surface area contributed by atoms with E-state index in [1.165, 1.54) is 0 Å². The van der Waals surface area contributed by atoms with Gasteiger partial charge >= 0.3 is 5.97 Å². The van der Waals surface area contributed by atoms with Crippen molar-refractivity contribution in [3.8, 4) is 11.1 Å². The average Bonchev–Trinajstić information content (AvgIpc) is 3.63. The van der Waals surface area contributed by atoms with Crippen LogP contribution in [-0.2, 0) is 21.9 Å². The Kier molecular flexibility index (Phi) is 7.32. The van der Waals surface area contributed by atoms with Gasteiger partial charge in [0.05, 0.1) is 27.1 Å². The second-order valence-corrected chi connectivity index (χ2v) is 13.8. The lowest BCUT2D eigenvalue weighted by Gasteiger charge is -2.20. The van der Waals surface area contributed by atoms with Gasteiger partial charge in [-0.2, -0.15) is 0 Å². The molecule has 5 aromatic rings. The van der Waals surface area contributed by atoms with Crippen molar-refractivity contribution in [1.29, 1.82) is 0 Å². The van der Waals surface area contributed by atoms with Crippen LogP contribution in [0.4, 0.5) is 0 Å². The lowest BCUT2D eigenvalue weighted by Crippen LogP contribution is -2.35. The zero-order valence-corrected chi connectivity index (χ0v) is 25.3. The first-order valence-corrected chi connectivity index (χ1v) is 16.1. The molecule has 7 nitrogen and oxygen atoms in total. The highest BCUT2D eigenvalue weighted by molar-refractivity contribution is 7.90. The molecule has 43 heavy (non-hydrogen) atoms. The van der Waals surface area contributed by atoms with E-state index in [4.69, 9.17) is 23.2 Å². The maximum absolute atomic E-state index is 14.1. The number of nitrogens with zero attached hydrogens (tertiary/aromatic N) is 1. The van der Waals surface area contributed by atoms with Crippen molar-refractivity contribution in [2.75, 3.05) is 6.26 Å². The van der Waals surface area contributed by atoms with E-state index in [1.54, 1.807) is 54.6 Å². The number of hydrogen-bond donors (Lipinski definition) is 2. The highest BCUT2D eigenvalue weighted by Crippen LogP contribution is 2.46. The van der Waals surface area contributed by atoms with E-state index in [9.17, 15) is 23.1 Å². The van der Waals surface area contributed by atoms with Gasteiger partial charge in [-0.05, 0) is 95.8 Å². The third kappa shape index (κ3) is 5.91. The molecule has 10 heteroatoms. The zero-order chi connectivity index (χ0) is 30.5. The van der Waals surface area contributed by atoms with Gasteiger partial charge in [0.15, 0.2) is 9.84 Å². The van der Waals surface area contributed by atoms with Crippen molar-refractivity contribution >= 4 is 55.8 Å². The number of amides is 1. The van der Waals surface area contributed by atoms with Crippen LogP contribution in [0.2, 0.25) is 10.0 Å². The molecule has 1 fully saturated rings. The van der Waals surface area contributed by atoms with E-state index >= 15 is 0 Å². The number of rotatable bonds is 8. The van der Waals surface area contributed by atoms with E-state index < -0.39 is 21.3 Å². The number of aromatic carboxylic acids is 1. The highest BCUT2D eigenvalue weighted by atomic mass is 35.5. The summed E-state index contributed by atoms with van der Waals surface area (Å²) in [6.45, 7) is 0.411. The van der Waals surface area contributed by atoms with Crippen LogP contribution in [0, 0.1) is 0 Å². The second kappa shape index (κ2) is 10.9. The smallest absolute Gasteiger partial charge is 0.335 e. The summed E-state index contributed by atoms with van der Waals surface area (Å²) >= 11 is 12.5. The van der Waals surface area contributed by atoms with Gasteiger partial charge in [0, 0.05) is 34.4 Å². The monoisotopic (exact) mass is 632 g/mol. The van der Waals surface area contributed by atoms with Crippen LogP contribution in [0.1, 0.15) is 44.7 Å². The van der Waals surface area contributed by atoms with E-state index in [-0.39, 0.29) is 16.4 Å². The summed E-state index contributed by atoms with van der Waals surface area (Å²) in [4.78, 5) is 25.7. The number of halogens is 2. The Hall–Kier alpha value is -4.11. The Morgan fingerprint density at radius 2 is 1.60 bits per heavy atom. The van der Waals surface area contributed by atoms with Crippen LogP contribution in [-0.4, -0.2) is 36.2 Å². The Balaban J connectivity index is 1.45. The molecule has 0 radical (unpaired) electrons. The second-order valence-electron chi connectivity index (χ2n) is 10.9. The first kappa shape index (κ1) is 29.0. The minimum Gasteiger partial charge on any atom is -0.478 e. The molecule has 0 aliphatic heterocycles. The zero-order valence-electron chi connectivity index (χ0n) is 23.0. The topological polar surface area (TPSA) is 105 Å². The van der Waals surface area contributed by atoms with Crippen molar-refractivity contribution in [3.63, 3.8) is 0 Å². The summed E-state index contributed by atoms with van der Waals surface area (Å²) < 4.78 is 26.5. The number of carboxylic acid groups (broad SMARTS) is 1. The van der Waals surface area contributed by atoms with Gasteiger partial charge in [0.1, 0.15) is 0 Å². The van der Waals surface area contributed by atoms with E-state index in [0.717, 1.165) is 22.8 Å². The van der Waals surface area contributed by atoms with Crippen molar-refractivity contribution in [1.82, 2.24) is 9.88 Å². The highest BCUT2D eigenvalue weighted by Gasteiger charge is 2.46. The van der Waals surface area contributed by atoms with Gasteiger partial charge in [-0.1, -0.05) is 47.5 Å². The van der Waals surface area contributed by atoms with Gasteiger partial charge in [-0.3, -0.25) is 4.79 Å². The molecule has 0 atom stereocenters. The lowest BCUT2D eigenvalue weighted by molar-refractivity contribution is 0.0696. The number of hydrogen-bond acceptors (Lipinski definition) is 4. The molecule has 0 unspecified atom stereocenters. The molecule has 218 valence electrons.